The predicted octanol–water partition coefficient (Wildman–Crippen LogP) is -1.16. The first-order chi connectivity index (χ1) is 9.16. The number of fused-ring (bicyclic) bond motifs is 3. The van der Waals surface area contributed by atoms with Gasteiger partial charge in [-0.2, -0.15) is 5.06 Å². The summed E-state index contributed by atoms with van der Waals surface area (Å²) in [5.41, 5.74) is 0. The molecule has 0 unspecified atom stereocenters. The molecule has 7 heteroatoms. The molecule has 19 heavy (non-hydrogen) atoms. The van der Waals surface area contributed by atoms with E-state index in [-0.39, 0.29) is 49.3 Å². The van der Waals surface area contributed by atoms with Crippen LogP contribution in [0.2, 0.25) is 0 Å². The Bertz CT molecular complexity index is 440. The maximum Gasteiger partial charge on any atom is 0.313 e. The van der Waals surface area contributed by atoms with Gasteiger partial charge in [0.25, 0.3) is 0 Å². The summed E-state index contributed by atoms with van der Waals surface area (Å²) in [6.45, 7) is 0.328. The molecule has 4 heterocycles. The van der Waals surface area contributed by atoms with Gasteiger partial charge in [-0.05, 0) is 12.8 Å². The van der Waals surface area contributed by atoms with Crippen LogP contribution in [0.3, 0.4) is 0 Å². The highest BCUT2D eigenvalue weighted by atomic mass is 16.7. The highest BCUT2D eigenvalue weighted by Gasteiger charge is 2.60. The van der Waals surface area contributed by atoms with Crippen LogP contribution in [-0.2, 0) is 23.9 Å². The molecule has 1 N–H and O–H groups in total. The van der Waals surface area contributed by atoms with Crippen molar-refractivity contribution in [3.8, 4) is 0 Å². The highest BCUT2D eigenvalue weighted by molar-refractivity contribution is 5.77. The molecule has 4 rings (SSSR count). The lowest BCUT2D eigenvalue weighted by atomic mass is 9.93. The molecule has 0 aromatic rings. The Hall–Kier alpha value is -1.18. The number of ether oxygens (including phenoxy) is 2. The Morgan fingerprint density at radius 3 is 2.32 bits per heavy atom. The maximum absolute atomic E-state index is 11.7. The molecule has 7 nitrogen and oxygen atoms in total. The number of nitrogens with zero attached hydrogens (tertiary/aromatic N) is 1. The number of aliphatic hydroxyl groups is 1. The number of rotatable bonds is 1. The van der Waals surface area contributed by atoms with Gasteiger partial charge in [0, 0.05) is 0 Å². The average molecular weight is 269 g/mol. The minimum absolute atomic E-state index is 0.0365. The number of cyclic esters (lactones) is 2. The first kappa shape index (κ1) is 11.6. The normalized spacial score (nSPS) is 49.1. The standard InChI is InChI=1S/C12H15NO6/c14-7-3-17-11(15)9(7)5-1-2-6-10-8(19-13(5)6)4-18-12(10)16/h5-10,14H,1-4H2/t5-,6-,7-,8-,9-,10-/m1/s1. The van der Waals surface area contributed by atoms with Crippen LogP contribution in [0.1, 0.15) is 12.8 Å². The van der Waals surface area contributed by atoms with Crippen molar-refractivity contribution < 1.29 is 29.0 Å². The molecule has 0 aliphatic carbocycles. The number of hydroxylamine groups is 2. The number of aliphatic hydroxyl groups excluding tert-OH is 1. The van der Waals surface area contributed by atoms with E-state index >= 15 is 0 Å². The van der Waals surface area contributed by atoms with E-state index in [1.807, 2.05) is 0 Å². The monoisotopic (exact) mass is 269 g/mol. The summed E-state index contributed by atoms with van der Waals surface area (Å²) < 4.78 is 9.89. The molecule has 4 fully saturated rings. The predicted molar refractivity (Wildman–Crippen MR) is 58.4 cm³/mol. The number of esters is 2. The SMILES string of the molecule is O=C1OC[C@H]2ON3[C@H](CC[C@@H]3[C@H]3C(=O)OC[C@H]3O)[C@@H]12. The van der Waals surface area contributed by atoms with Crippen molar-refractivity contribution in [2.45, 2.75) is 37.1 Å². The van der Waals surface area contributed by atoms with Crippen LogP contribution in [0.25, 0.3) is 0 Å². The summed E-state index contributed by atoms with van der Waals surface area (Å²) >= 11 is 0. The summed E-state index contributed by atoms with van der Waals surface area (Å²) in [6, 6.07) is -0.237. The van der Waals surface area contributed by atoms with Crippen molar-refractivity contribution in [2.24, 2.45) is 11.8 Å². The van der Waals surface area contributed by atoms with Crippen molar-refractivity contribution >= 4 is 11.9 Å². The lowest BCUT2D eigenvalue weighted by Crippen LogP contribution is -2.43. The Morgan fingerprint density at radius 1 is 1.00 bits per heavy atom. The summed E-state index contributed by atoms with van der Waals surface area (Å²) in [4.78, 5) is 29.2. The van der Waals surface area contributed by atoms with Crippen LogP contribution >= 0.6 is 0 Å². The van der Waals surface area contributed by atoms with E-state index in [0.29, 0.717) is 0 Å². The fourth-order valence-electron chi connectivity index (χ4n) is 3.79. The number of carbonyl (C=O) groups excluding carboxylic acids is 2. The fraction of sp³-hybridized carbons (Fsp3) is 0.833. The fourth-order valence-corrected chi connectivity index (χ4v) is 3.79. The van der Waals surface area contributed by atoms with Crippen molar-refractivity contribution in [3.63, 3.8) is 0 Å². The summed E-state index contributed by atoms with van der Waals surface area (Å²) in [6.07, 6.45) is 0.470. The van der Waals surface area contributed by atoms with Gasteiger partial charge in [0.2, 0.25) is 0 Å². The van der Waals surface area contributed by atoms with Gasteiger partial charge < -0.3 is 14.6 Å². The van der Waals surface area contributed by atoms with Crippen LogP contribution in [0.15, 0.2) is 0 Å². The van der Waals surface area contributed by atoms with Gasteiger partial charge in [0.1, 0.15) is 37.3 Å². The van der Waals surface area contributed by atoms with Crippen molar-refractivity contribution in [2.75, 3.05) is 13.2 Å². The van der Waals surface area contributed by atoms with E-state index in [1.54, 1.807) is 5.06 Å². The largest absolute Gasteiger partial charge is 0.463 e. The second kappa shape index (κ2) is 3.91. The molecule has 0 spiro atoms. The maximum atomic E-state index is 11.7. The minimum atomic E-state index is -0.785. The molecular formula is C12H15NO6. The molecule has 0 bridgehead atoms. The molecule has 4 aliphatic rings. The zero-order chi connectivity index (χ0) is 13.1. The van der Waals surface area contributed by atoms with Crippen LogP contribution in [-0.4, -0.2) is 59.6 Å². The summed E-state index contributed by atoms with van der Waals surface area (Å²) in [5, 5.41) is 11.6. The Morgan fingerprint density at radius 2 is 1.63 bits per heavy atom. The van der Waals surface area contributed by atoms with Gasteiger partial charge in [-0.3, -0.25) is 14.4 Å². The molecule has 0 radical (unpaired) electrons. The number of hydrogen-bond donors (Lipinski definition) is 1. The van der Waals surface area contributed by atoms with E-state index in [1.165, 1.54) is 0 Å². The molecule has 4 aliphatic heterocycles. The van der Waals surface area contributed by atoms with Gasteiger partial charge >= 0.3 is 11.9 Å². The van der Waals surface area contributed by atoms with E-state index in [0.717, 1.165) is 12.8 Å². The third kappa shape index (κ3) is 1.49. The summed E-state index contributed by atoms with van der Waals surface area (Å²) in [5.74, 6) is -1.41. The zero-order valence-corrected chi connectivity index (χ0v) is 10.2. The molecular weight excluding hydrogens is 254 g/mol. The first-order valence-electron chi connectivity index (χ1n) is 6.63. The first-order valence-corrected chi connectivity index (χ1v) is 6.63. The van der Waals surface area contributed by atoms with E-state index < -0.39 is 12.0 Å². The molecule has 104 valence electrons. The lowest BCUT2D eigenvalue weighted by Gasteiger charge is -2.27. The van der Waals surface area contributed by atoms with Crippen LogP contribution in [0, 0.1) is 11.8 Å². The van der Waals surface area contributed by atoms with Gasteiger partial charge in [0.15, 0.2) is 0 Å². The van der Waals surface area contributed by atoms with Crippen molar-refractivity contribution in [1.82, 2.24) is 5.06 Å². The van der Waals surface area contributed by atoms with Crippen LogP contribution in [0.5, 0.6) is 0 Å². The van der Waals surface area contributed by atoms with E-state index in [2.05, 4.69) is 0 Å². The van der Waals surface area contributed by atoms with Crippen molar-refractivity contribution in [3.05, 3.63) is 0 Å². The van der Waals surface area contributed by atoms with Gasteiger partial charge in [-0.1, -0.05) is 0 Å². The molecule has 0 amide bonds. The summed E-state index contributed by atoms with van der Waals surface area (Å²) in [7, 11) is 0. The van der Waals surface area contributed by atoms with Crippen LogP contribution < -0.4 is 0 Å². The molecule has 4 saturated heterocycles. The number of hydrogen-bond acceptors (Lipinski definition) is 7. The molecule has 0 aromatic heterocycles. The topological polar surface area (TPSA) is 85.3 Å². The van der Waals surface area contributed by atoms with Crippen LogP contribution in [0.4, 0.5) is 0 Å². The van der Waals surface area contributed by atoms with Gasteiger partial charge in [-0.15, -0.1) is 0 Å². The molecule has 6 atom stereocenters. The Kier molecular flexibility index (Phi) is 2.39. The molecule has 0 saturated carbocycles. The zero-order valence-electron chi connectivity index (χ0n) is 10.2. The van der Waals surface area contributed by atoms with Gasteiger partial charge in [-0.25, -0.2) is 0 Å². The van der Waals surface area contributed by atoms with Gasteiger partial charge in [0.05, 0.1) is 12.1 Å². The Labute approximate surface area is 109 Å². The van der Waals surface area contributed by atoms with Crippen molar-refractivity contribution in [1.29, 1.82) is 0 Å². The second-order valence-corrected chi connectivity index (χ2v) is 5.59. The second-order valence-electron chi connectivity index (χ2n) is 5.59. The molecule has 0 aromatic carbocycles. The minimum Gasteiger partial charge on any atom is -0.463 e. The highest BCUT2D eigenvalue weighted by Crippen LogP contribution is 2.45. The average Bonchev–Trinajstić information content (AvgIpc) is 3.06. The Balaban J connectivity index is 1.58. The number of carbonyl (C=O) groups is 2. The lowest BCUT2D eigenvalue weighted by molar-refractivity contribution is -0.195. The smallest absolute Gasteiger partial charge is 0.313 e. The van der Waals surface area contributed by atoms with E-state index in [4.69, 9.17) is 14.3 Å². The quantitative estimate of drug-likeness (QED) is 0.601. The van der Waals surface area contributed by atoms with E-state index in [9.17, 15) is 14.7 Å². The third-order valence-corrected chi connectivity index (χ3v) is 4.64. The third-order valence-electron chi connectivity index (χ3n) is 4.64.